The molecule has 0 radical (unpaired) electrons. The molecule has 29 heavy (non-hydrogen) atoms. The van der Waals surface area contributed by atoms with Crippen molar-refractivity contribution < 1.29 is 0 Å². The van der Waals surface area contributed by atoms with Gasteiger partial charge in [-0.25, -0.2) is 0 Å². The van der Waals surface area contributed by atoms with E-state index in [-0.39, 0.29) is 0 Å². The zero-order valence-electron chi connectivity index (χ0n) is 15.9. The van der Waals surface area contributed by atoms with Crippen LogP contribution in [-0.4, -0.2) is 38.5 Å². The molecule has 0 N–H and O–H groups in total. The summed E-state index contributed by atoms with van der Waals surface area (Å²) in [5.74, 6) is 4.35. The van der Waals surface area contributed by atoms with Gasteiger partial charge < -0.3 is 0 Å². The Balaban J connectivity index is 1.87. The molecule has 1 aromatic heterocycles. The number of hydrogen-bond acceptors (Lipinski definition) is 4. The van der Waals surface area contributed by atoms with E-state index in [1.54, 1.807) is 0 Å². The molecule has 0 unspecified atom stereocenters. The van der Waals surface area contributed by atoms with Crippen molar-refractivity contribution in [3.05, 3.63) is 74.7 Å². The van der Waals surface area contributed by atoms with Crippen LogP contribution in [0, 0.1) is 12.3 Å². The lowest BCUT2D eigenvalue weighted by Gasteiger charge is -2.19. The molecule has 0 atom stereocenters. The van der Waals surface area contributed by atoms with E-state index < -0.39 is 0 Å². The number of terminal acetylenes is 1. The number of nitrogens with zero attached hydrogens (tertiary/aromatic N) is 5. The standard InChI is InChI=1S/C22H19BrClN5/c1-3-11-28(4-2)14-21-27-26-20-13-25-22(16-7-5-6-8-18(16)24)17-12-15(23)9-10-19(17)29(20)21/h1,5-10,12H,4,11,13-14H2,2H3. The molecule has 2 aromatic carbocycles. The highest BCUT2D eigenvalue weighted by Gasteiger charge is 2.24. The summed E-state index contributed by atoms with van der Waals surface area (Å²) in [6.45, 7) is 4.51. The van der Waals surface area contributed by atoms with E-state index in [4.69, 9.17) is 23.0 Å². The lowest BCUT2D eigenvalue weighted by atomic mass is 10.0. The van der Waals surface area contributed by atoms with Crippen molar-refractivity contribution >= 4 is 33.2 Å². The summed E-state index contributed by atoms with van der Waals surface area (Å²) >= 11 is 10.1. The molecule has 5 nitrogen and oxygen atoms in total. The van der Waals surface area contributed by atoms with E-state index in [1.165, 1.54) is 0 Å². The van der Waals surface area contributed by atoms with Gasteiger partial charge in [-0.2, -0.15) is 0 Å². The zero-order valence-corrected chi connectivity index (χ0v) is 18.3. The number of hydrogen-bond donors (Lipinski definition) is 0. The first kappa shape index (κ1) is 19.8. The van der Waals surface area contributed by atoms with Crippen LogP contribution in [0.5, 0.6) is 0 Å². The van der Waals surface area contributed by atoms with Crippen molar-refractivity contribution in [2.45, 2.75) is 20.0 Å². The third-order valence-corrected chi connectivity index (χ3v) is 5.71. The summed E-state index contributed by atoms with van der Waals surface area (Å²) in [4.78, 5) is 7.02. The smallest absolute Gasteiger partial charge is 0.159 e. The highest BCUT2D eigenvalue weighted by atomic mass is 79.9. The highest BCUT2D eigenvalue weighted by molar-refractivity contribution is 9.10. The van der Waals surface area contributed by atoms with E-state index >= 15 is 0 Å². The van der Waals surface area contributed by atoms with Crippen LogP contribution in [0.2, 0.25) is 5.02 Å². The molecule has 0 saturated carbocycles. The molecule has 4 rings (SSSR count). The Labute approximate surface area is 183 Å². The van der Waals surface area contributed by atoms with Crippen LogP contribution in [0.3, 0.4) is 0 Å². The molecular weight excluding hydrogens is 450 g/mol. The summed E-state index contributed by atoms with van der Waals surface area (Å²) in [7, 11) is 0. The van der Waals surface area contributed by atoms with Crippen molar-refractivity contribution in [1.29, 1.82) is 0 Å². The van der Waals surface area contributed by atoms with E-state index in [2.05, 4.69) is 60.6 Å². The monoisotopic (exact) mass is 467 g/mol. The minimum Gasteiger partial charge on any atom is -0.285 e. The van der Waals surface area contributed by atoms with Gasteiger partial charge in [-0.15, -0.1) is 16.6 Å². The molecule has 1 aliphatic heterocycles. The van der Waals surface area contributed by atoms with Crippen LogP contribution >= 0.6 is 27.5 Å². The maximum Gasteiger partial charge on any atom is 0.159 e. The maximum atomic E-state index is 6.50. The minimum atomic E-state index is 0.418. The third kappa shape index (κ3) is 3.86. The molecule has 0 amide bonds. The second kappa shape index (κ2) is 8.50. The third-order valence-electron chi connectivity index (χ3n) is 4.89. The van der Waals surface area contributed by atoms with Gasteiger partial charge in [0.05, 0.1) is 24.5 Å². The second-order valence-corrected chi connectivity index (χ2v) is 8.00. The summed E-state index contributed by atoms with van der Waals surface area (Å²) in [6.07, 6.45) is 5.52. The van der Waals surface area contributed by atoms with Crippen molar-refractivity contribution in [2.24, 2.45) is 4.99 Å². The number of rotatable bonds is 5. The van der Waals surface area contributed by atoms with Crippen molar-refractivity contribution in [2.75, 3.05) is 13.1 Å². The zero-order chi connectivity index (χ0) is 20.4. The lowest BCUT2D eigenvalue weighted by Crippen LogP contribution is -2.25. The molecule has 2 heterocycles. The normalized spacial score (nSPS) is 12.7. The topological polar surface area (TPSA) is 46.3 Å². The van der Waals surface area contributed by atoms with E-state index in [0.29, 0.717) is 24.7 Å². The molecular formula is C22H19BrClN5. The number of aromatic nitrogens is 3. The van der Waals surface area contributed by atoms with Gasteiger partial charge in [-0.1, -0.05) is 58.6 Å². The molecule has 0 spiro atoms. The van der Waals surface area contributed by atoms with Gasteiger partial charge in [-0.05, 0) is 30.8 Å². The van der Waals surface area contributed by atoms with Gasteiger partial charge in [0.2, 0.25) is 0 Å². The predicted octanol–water partition coefficient (Wildman–Crippen LogP) is 4.49. The van der Waals surface area contributed by atoms with Gasteiger partial charge in [-0.3, -0.25) is 14.5 Å². The van der Waals surface area contributed by atoms with Crippen LogP contribution in [-0.2, 0) is 13.1 Å². The molecule has 0 fully saturated rings. The van der Waals surface area contributed by atoms with Crippen LogP contribution in [0.1, 0.15) is 29.7 Å². The SMILES string of the molecule is C#CCN(CC)Cc1nnc2n1-c1ccc(Br)cc1C(c1ccccc1Cl)=NC2. The molecule has 0 saturated heterocycles. The first-order valence-electron chi connectivity index (χ1n) is 9.31. The molecule has 146 valence electrons. The van der Waals surface area contributed by atoms with Crippen molar-refractivity contribution in [1.82, 2.24) is 19.7 Å². The summed E-state index contributed by atoms with van der Waals surface area (Å²) in [5.41, 5.74) is 3.71. The number of aliphatic imine (C=N–C) groups is 1. The number of halogens is 2. The fraction of sp³-hybridized carbons (Fsp3) is 0.227. The Morgan fingerprint density at radius 3 is 2.79 bits per heavy atom. The highest BCUT2D eigenvalue weighted by Crippen LogP contribution is 2.30. The minimum absolute atomic E-state index is 0.418. The number of benzene rings is 2. The van der Waals surface area contributed by atoms with Crippen LogP contribution in [0.4, 0.5) is 0 Å². The Hall–Kier alpha value is -2.46. The Morgan fingerprint density at radius 1 is 1.21 bits per heavy atom. The first-order chi connectivity index (χ1) is 14.1. The van der Waals surface area contributed by atoms with Gasteiger partial charge in [0.15, 0.2) is 11.6 Å². The van der Waals surface area contributed by atoms with Gasteiger partial charge >= 0.3 is 0 Å². The van der Waals surface area contributed by atoms with Gasteiger partial charge in [0.25, 0.3) is 0 Å². The van der Waals surface area contributed by atoms with Crippen molar-refractivity contribution in [3.8, 4) is 18.0 Å². The fourth-order valence-corrected chi connectivity index (χ4v) is 4.04. The lowest BCUT2D eigenvalue weighted by molar-refractivity contribution is 0.305. The molecule has 0 aliphatic carbocycles. The first-order valence-corrected chi connectivity index (χ1v) is 10.5. The van der Waals surface area contributed by atoms with Crippen molar-refractivity contribution in [3.63, 3.8) is 0 Å². The van der Waals surface area contributed by atoms with Crippen LogP contribution < -0.4 is 0 Å². The Kier molecular flexibility index (Phi) is 5.81. The molecule has 3 aromatic rings. The van der Waals surface area contributed by atoms with E-state index in [0.717, 1.165) is 45.2 Å². The molecule has 1 aliphatic rings. The molecule has 0 bridgehead atoms. The van der Waals surface area contributed by atoms with E-state index in [1.807, 2.05) is 30.3 Å². The second-order valence-electron chi connectivity index (χ2n) is 6.68. The average molecular weight is 469 g/mol. The van der Waals surface area contributed by atoms with Crippen LogP contribution in [0.25, 0.3) is 5.69 Å². The van der Waals surface area contributed by atoms with Gasteiger partial charge in [0.1, 0.15) is 6.54 Å². The average Bonchev–Trinajstić information content (AvgIpc) is 3.04. The summed E-state index contributed by atoms with van der Waals surface area (Å²) in [5, 5.41) is 9.53. The summed E-state index contributed by atoms with van der Waals surface area (Å²) in [6, 6.07) is 13.9. The Bertz CT molecular complexity index is 1130. The molecule has 7 heteroatoms. The predicted molar refractivity (Wildman–Crippen MR) is 120 cm³/mol. The van der Waals surface area contributed by atoms with Crippen LogP contribution in [0.15, 0.2) is 51.9 Å². The fourth-order valence-electron chi connectivity index (χ4n) is 3.46. The largest absolute Gasteiger partial charge is 0.285 e. The maximum absolute atomic E-state index is 6.50. The Morgan fingerprint density at radius 2 is 2.03 bits per heavy atom. The number of fused-ring (bicyclic) bond motifs is 3. The van der Waals surface area contributed by atoms with E-state index in [9.17, 15) is 0 Å². The summed E-state index contributed by atoms with van der Waals surface area (Å²) < 4.78 is 3.06. The quantitative estimate of drug-likeness (QED) is 0.518. The van der Waals surface area contributed by atoms with Gasteiger partial charge in [0, 0.05) is 20.6 Å².